The highest BCUT2D eigenvalue weighted by Gasteiger charge is 2.17. The topological polar surface area (TPSA) is 78.3 Å². The lowest BCUT2D eigenvalue weighted by molar-refractivity contribution is -0.118. The smallest absolute Gasteiger partial charge is 0.230 e. The fourth-order valence-electron chi connectivity index (χ4n) is 2.19. The molecule has 0 aliphatic rings. The van der Waals surface area contributed by atoms with Gasteiger partial charge in [0.25, 0.3) is 0 Å². The van der Waals surface area contributed by atoms with Gasteiger partial charge in [0.05, 0.1) is 25.0 Å². The van der Waals surface area contributed by atoms with E-state index in [0.29, 0.717) is 36.4 Å². The zero-order valence-corrected chi connectivity index (χ0v) is 15.2. The summed E-state index contributed by atoms with van der Waals surface area (Å²) in [5.41, 5.74) is 0.843. The van der Waals surface area contributed by atoms with Crippen LogP contribution in [0.1, 0.15) is 0 Å². The van der Waals surface area contributed by atoms with Crippen molar-refractivity contribution in [1.82, 2.24) is 20.1 Å². The van der Waals surface area contributed by atoms with Crippen LogP contribution in [0.15, 0.2) is 42.1 Å². The number of para-hydroxylation sites is 1. The van der Waals surface area contributed by atoms with Gasteiger partial charge in [0.2, 0.25) is 5.91 Å². The molecule has 25 heavy (non-hydrogen) atoms. The number of hydrogen-bond acceptors (Lipinski definition) is 6. The number of hydrogen-bond donors (Lipinski definition) is 1. The van der Waals surface area contributed by atoms with Gasteiger partial charge in [-0.2, -0.15) is 0 Å². The zero-order valence-electron chi connectivity index (χ0n) is 14.4. The Kier molecular flexibility index (Phi) is 7.49. The highest BCUT2D eigenvalue weighted by atomic mass is 32.2. The largest absolute Gasteiger partial charge is 0.496 e. The van der Waals surface area contributed by atoms with E-state index in [0.717, 1.165) is 5.56 Å². The average molecular weight is 362 g/mol. The Morgan fingerprint density at radius 2 is 2.16 bits per heavy atom. The summed E-state index contributed by atoms with van der Waals surface area (Å²) in [6.45, 7) is 5.30. The summed E-state index contributed by atoms with van der Waals surface area (Å²) >= 11 is 1.33. The Morgan fingerprint density at radius 1 is 1.36 bits per heavy atom. The predicted molar refractivity (Wildman–Crippen MR) is 97.8 cm³/mol. The Labute approximate surface area is 151 Å². The number of carbonyl (C=O) groups is 1. The maximum atomic E-state index is 11.9. The molecule has 2 aromatic rings. The molecule has 1 heterocycles. The quantitative estimate of drug-likeness (QED) is 0.396. The highest BCUT2D eigenvalue weighted by molar-refractivity contribution is 7.99. The lowest BCUT2D eigenvalue weighted by atomic mass is 10.2. The number of thioether (sulfide) groups is 1. The van der Waals surface area contributed by atoms with E-state index < -0.39 is 0 Å². The van der Waals surface area contributed by atoms with Crippen molar-refractivity contribution < 1.29 is 14.3 Å². The first-order valence-electron chi connectivity index (χ1n) is 7.77. The molecule has 0 aliphatic carbocycles. The van der Waals surface area contributed by atoms with E-state index >= 15 is 0 Å². The number of methoxy groups -OCH3 is 2. The number of ether oxygens (including phenoxy) is 2. The number of allylic oxidation sites excluding steroid dienone is 1. The van der Waals surface area contributed by atoms with Gasteiger partial charge in [0.1, 0.15) is 5.75 Å². The molecule has 0 saturated carbocycles. The van der Waals surface area contributed by atoms with Crippen LogP contribution in [0, 0.1) is 0 Å². The van der Waals surface area contributed by atoms with Gasteiger partial charge in [-0.25, -0.2) is 0 Å². The van der Waals surface area contributed by atoms with Gasteiger partial charge in [-0.05, 0) is 12.1 Å². The van der Waals surface area contributed by atoms with Crippen LogP contribution in [-0.4, -0.2) is 53.8 Å². The minimum atomic E-state index is -0.0750. The Morgan fingerprint density at radius 3 is 2.88 bits per heavy atom. The Bertz CT molecular complexity index is 718. The maximum absolute atomic E-state index is 11.9. The van der Waals surface area contributed by atoms with Crippen LogP contribution >= 0.6 is 11.8 Å². The first kappa shape index (κ1) is 19.0. The summed E-state index contributed by atoms with van der Waals surface area (Å²) in [7, 11) is 3.21. The standard InChI is InChI=1S/C17H22N4O3S/c1-4-10-21-16(13-7-5-6-8-14(13)24-3)19-20-17(21)25-12-15(22)18-9-11-23-2/h4-8H,1,9-12H2,2-3H3,(H,18,22). The van der Waals surface area contributed by atoms with Crippen LogP contribution in [0.3, 0.4) is 0 Å². The van der Waals surface area contributed by atoms with Gasteiger partial charge >= 0.3 is 0 Å². The number of amides is 1. The third kappa shape index (κ3) is 5.07. The molecule has 0 unspecified atom stereocenters. The minimum absolute atomic E-state index is 0.0750. The van der Waals surface area contributed by atoms with Crippen LogP contribution in [0.5, 0.6) is 5.75 Å². The van der Waals surface area contributed by atoms with Crippen molar-refractivity contribution in [2.75, 3.05) is 33.1 Å². The number of carbonyl (C=O) groups excluding carboxylic acids is 1. The fourth-order valence-corrected chi connectivity index (χ4v) is 2.97. The lowest BCUT2D eigenvalue weighted by Gasteiger charge is -2.10. The van der Waals surface area contributed by atoms with Crippen molar-refractivity contribution in [1.29, 1.82) is 0 Å². The Hall–Kier alpha value is -2.32. The van der Waals surface area contributed by atoms with Crippen molar-refractivity contribution in [3.05, 3.63) is 36.9 Å². The monoisotopic (exact) mass is 362 g/mol. The van der Waals surface area contributed by atoms with Crippen LogP contribution in [0.25, 0.3) is 11.4 Å². The maximum Gasteiger partial charge on any atom is 0.230 e. The van der Waals surface area contributed by atoms with Crippen molar-refractivity contribution in [3.63, 3.8) is 0 Å². The molecular formula is C17H22N4O3S. The first-order valence-corrected chi connectivity index (χ1v) is 8.75. The highest BCUT2D eigenvalue weighted by Crippen LogP contribution is 2.30. The summed E-state index contributed by atoms with van der Waals surface area (Å²) in [4.78, 5) is 11.9. The molecule has 0 fully saturated rings. The number of nitrogens with one attached hydrogen (secondary N) is 1. The van der Waals surface area contributed by atoms with E-state index in [1.165, 1.54) is 11.8 Å². The summed E-state index contributed by atoms with van der Waals surface area (Å²) in [6, 6.07) is 7.62. The molecule has 1 N–H and O–H groups in total. The van der Waals surface area contributed by atoms with Crippen LogP contribution in [-0.2, 0) is 16.1 Å². The molecule has 0 atom stereocenters. The van der Waals surface area contributed by atoms with Gasteiger partial charge in [0.15, 0.2) is 11.0 Å². The SMILES string of the molecule is C=CCn1c(SCC(=O)NCCOC)nnc1-c1ccccc1OC. The molecule has 7 nitrogen and oxygen atoms in total. The molecule has 1 aromatic heterocycles. The van der Waals surface area contributed by atoms with E-state index in [1.807, 2.05) is 28.8 Å². The van der Waals surface area contributed by atoms with Crippen LogP contribution < -0.4 is 10.1 Å². The van der Waals surface area contributed by atoms with Gasteiger partial charge in [-0.3, -0.25) is 9.36 Å². The fraction of sp³-hybridized carbons (Fsp3) is 0.353. The second-order valence-electron chi connectivity index (χ2n) is 5.04. The number of aromatic nitrogens is 3. The molecule has 0 spiro atoms. The summed E-state index contributed by atoms with van der Waals surface area (Å²) < 4.78 is 12.2. The average Bonchev–Trinajstić information content (AvgIpc) is 3.03. The molecule has 2 rings (SSSR count). The lowest BCUT2D eigenvalue weighted by Crippen LogP contribution is -2.28. The van der Waals surface area contributed by atoms with Crippen LogP contribution in [0.2, 0.25) is 0 Å². The molecule has 1 amide bonds. The van der Waals surface area contributed by atoms with E-state index in [1.54, 1.807) is 20.3 Å². The number of nitrogens with zero attached hydrogens (tertiary/aromatic N) is 3. The molecule has 0 saturated heterocycles. The summed E-state index contributed by atoms with van der Waals surface area (Å²) in [5.74, 6) is 1.58. The van der Waals surface area contributed by atoms with Gasteiger partial charge in [-0.1, -0.05) is 30.0 Å². The second-order valence-corrected chi connectivity index (χ2v) is 5.98. The second kappa shape index (κ2) is 9.85. The molecular weight excluding hydrogens is 340 g/mol. The van der Waals surface area contributed by atoms with Crippen LogP contribution in [0.4, 0.5) is 0 Å². The zero-order chi connectivity index (χ0) is 18.1. The predicted octanol–water partition coefficient (Wildman–Crippen LogP) is 1.99. The van der Waals surface area contributed by atoms with E-state index in [-0.39, 0.29) is 11.7 Å². The van der Waals surface area contributed by atoms with Crippen molar-refractivity contribution in [2.45, 2.75) is 11.7 Å². The van der Waals surface area contributed by atoms with Gasteiger partial charge in [-0.15, -0.1) is 16.8 Å². The third-order valence-electron chi connectivity index (χ3n) is 3.34. The normalized spacial score (nSPS) is 10.5. The minimum Gasteiger partial charge on any atom is -0.496 e. The van der Waals surface area contributed by atoms with Crippen molar-refractivity contribution in [3.8, 4) is 17.1 Å². The van der Waals surface area contributed by atoms with Crippen molar-refractivity contribution >= 4 is 17.7 Å². The van der Waals surface area contributed by atoms with Crippen molar-refractivity contribution in [2.24, 2.45) is 0 Å². The van der Waals surface area contributed by atoms with Gasteiger partial charge in [0, 0.05) is 20.2 Å². The molecule has 0 radical (unpaired) electrons. The number of benzene rings is 1. The molecule has 0 aliphatic heterocycles. The first-order chi connectivity index (χ1) is 12.2. The molecule has 8 heteroatoms. The summed E-state index contributed by atoms with van der Waals surface area (Å²) in [6.07, 6.45) is 1.77. The Balaban J connectivity index is 2.16. The molecule has 0 bridgehead atoms. The molecule has 1 aromatic carbocycles. The van der Waals surface area contributed by atoms with E-state index in [2.05, 4.69) is 22.1 Å². The van der Waals surface area contributed by atoms with E-state index in [9.17, 15) is 4.79 Å². The van der Waals surface area contributed by atoms with E-state index in [4.69, 9.17) is 9.47 Å². The number of rotatable bonds is 10. The third-order valence-corrected chi connectivity index (χ3v) is 4.30. The van der Waals surface area contributed by atoms with Gasteiger partial charge < -0.3 is 14.8 Å². The molecule has 134 valence electrons. The summed E-state index contributed by atoms with van der Waals surface area (Å²) in [5, 5.41) is 11.9.